The molecule has 6 nitrogen and oxygen atoms in total. The molecule has 2 fully saturated rings. The van der Waals surface area contributed by atoms with Gasteiger partial charge in [-0.25, -0.2) is 8.42 Å². The predicted molar refractivity (Wildman–Crippen MR) is 111 cm³/mol. The number of hydrogen-bond acceptors (Lipinski definition) is 3. The number of sulfonamides is 1. The summed E-state index contributed by atoms with van der Waals surface area (Å²) < 4.78 is 27.4. The number of likely N-dealkylation sites (tertiary alicyclic amines) is 1. The fourth-order valence-electron chi connectivity index (χ4n) is 4.52. The fourth-order valence-corrected chi connectivity index (χ4v) is 6.54. The van der Waals surface area contributed by atoms with Crippen LogP contribution in [0.5, 0.6) is 0 Å². The molecule has 2 aliphatic rings. The van der Waals surface area contributed by atoms with Gasteiger partial charge in [0.2, 0.25) is 10.0 Å². The van der Waals surface area contributed by atoms with Crippen molar-refractivity contribution in [2.75, 3.05) is 38.0 Å². The van der Waals surface area contributed by atoms with Gasteiger partial charge in [0.25, 0.3) is 5.91 Å². The van der Waals surface area contributed by atoms with Gasteiger partial charge in [-0.15, -0.1) is 0 Å². The molecule has 0 saturated carbocycles. The van der Waals surface area contributed by atoms with Crippen LogP contribution in [0.15, 0.2) is 23.1 Å². The van der Waals surface area contributed by atoms with E-state index in [1.165, 1.54) is 21.7 Å². The van der Waals surface area contributed by atoms with Crippen LogP contribution in [-0.2, 0) is 14.8 Å². The summed E-state index contributed by atoms with van der Waals surface area (Å²) >= 11 is 6.20. The van der Waals surface area contributed by atoms with Crippen LogP contribution in [0.3, 0.4) is 0 Å². The predicted octanol–water partition coefficient (Wildman–Crippen LogP) is 2.01. The van der Waals surface area contributed by atoms with E-state index in [4.69, 9.17) is 11.6 Å². The molecule has 1 amide bonds. The summed E-state index contributed by atoms with van der Waals surface area (Å²) in [6.45, 7) is 7.87. The molecule has 1 aromatic carbocycles. The second kappa shape index (κ2) is 9.11. The fraction of sp³-hybridized carbons (Fsp3) is 0.650. The van der Waals surface area contributed by atoms with Crippen molar-refractivity contribution in [3.8, 4) is 0 Å². The zero-order valence-electron chi connectivity index (χ0n) is 16.7. The molecule has 1 aromatic rings. The van der Waals surface area contributed by atoms with E-state index in [-0.39, 0.29) is 15.8 Å². The molecule has 0 spiro atoms. The Bertz CT molecular complexity index is 799. The highest BCUT2D eigenvalue weighted by Gasteiger charge is 2.29. The Hall–Kier alpha value is -1.15. The maximum Gasteiger partial charge on any atom is 0.279 e. The number of piperidine rings is 2. The lowest BCUT2D eigenvalue weighted by Gasteiger charge is -2.31. The maximum atomic E-state index is 13.0. The Morgan fingerprint density at radius 1 is 1.18 bits per heavy atom. The average Bonchev–Trinajstić information content (AvgIpc) is 2.63. The van der Waals surface area contributed by atoms with Gasteiger partial charge in [-0.1, -0.05) is 31.9 Å². The van der Waals surface area contributed by atoms with Gasteiger partial charge < -0.3 is 10.2 Å². The van der Waals surface area contributed by atoms with Gasteiger partial charge >= 0.3 is 0 Å². The smallest absolute Gasteiger partial charge is 0.279 e. The van der Waals surface area contributed by atoms with Crippen molar-refractivity contribution in [2.45, 2.75) is 44.4 Å². The number of anilines is 1. The molecule has 3 atom stereocenters. The minimum Gasteiger partial charge on any atom is -0.327 e. The first-order valence-electron chi connectivity index (χ1n) is 10.2. The minimum atomic E-state index is -3.65. The topological polar surface area (TPSA) is 70.9 Å². The number of hydrogen-bond donors (Lipinski definition) is 2. The summed E-state index contributed by atoms with van der Waals surface area (Å²) in [4.78, 5) is 13.9. The number of rotatable bonds is 5. The molecule has 2 aliphatic heterocycles. The van der Waals surface area contributed by atoms with E-state index in [0.717, 1.165) is 32.4 Å². The minimum absolute atomic E-state index is 0.0708. The number of nitrogens with one attached hydrogen (secondary N) is 2. The molecule has 156 valence electrons. The second-order valence-electron chi connectivity index (χ2n) is 8.44. The van der Waals surface area contributed by atoms with E-state index in [1.54, 1.807) is 12.1 Å². The van der Waals surface area contributed by atoms with Gasteiger partial charge in [0, 0.05) is 30.6 Å². The highest BCUT2D eigenvalue weighted by atomic mass is 35.5. The van der Waals surface area contributed by atoms with Crippen LogP contribution in [0.4, 0.5) is 5.69 Å². The zero-order chi connectivity index (χ0) is 20.3. The highest BCUT2D eigenvalue weighted by molar-refractivity contribution is 7.89. The molecular weight excluding hydrogens is 398 g/mol. The first-order chi connectivity index (χ1) is 13.3. The lowest BCUT2D eigenvalue weighted by atomic mass is 9.92. The van der Waals surface area contributed by atoms with Gasteiger partial charge in [-0.2, -0.15) is 4.31 Å². The van der Waals surface area contributed by atoms with Crippen molar-refractivity contribution in [1.29, 1.82) is 0 Å². The molecule has 2 saturated heterocycles. The first-order valence-corrected chi connectivity index (χ1v) is 12.0. The number of amides is 1. The number of benzene rings is 1. The standard InChI is InChI=1S/C20H30ClN3O3S/c1-15-10-16(2)13-23(12-15)14-20(25)22-17-6-7-18(21)19(11-17)28(26,27)24-8-4-3-5-9-24/h6-7,11,15-16H,3-5,8-10,12-14H2,1-2H3,(H,22,25)/p+1/t15-,16+. The van der Waals surface area contributed by atoms with Crippen molar-refractivity contribution in [2.24, 2.45) is 11.8 Å². The third-order valence-corrected chi connectivity index (χ3v) is 8.02. The van der Waals surface area contributed by atoms with Crippen molar-refractivity contribution in [1.82, 2.24) is 4.31 Å². The van der Waals surface area contributed by atoms with E-state index < -0.39 is 10.0 Å². The van der Waals surface area contributed by atoms with E-state index in [1.807, 2.05) is 0 Å². The SMILES string of the molecule is C[C@@H]1C[C@H](C)C[NH+](CC(=O)Nc2ccc(Cl)c(S(=O)(=O)N3CCCCC3)c2)C1. The average molecular weight is 429 g/mol. The molecular formula is C20H31ClN3O3S+. The molecule has 0 aromatic heterocycles. The van der Waals surface area contributed by atoms with Gasteiger partial charge in [0.1, 0.15) is 4.90 Å². The van der Waals surface area contributed by atoms with Crippen LogP contribution >= 0.6 is 11.6 Å². The molecule has 2 N–H and O–H groups in total. The lowest BCUT2D eigenvalue weighted by Crippen LogP contribution is -3.15. The zero-order valence-corrected chi connectivity index (χ0v) is 18.3. The van der Waals surface area contributed by atoms with E-state index in [0.29, 0.717) is 37.2 Å². The molecule has 3 rings (SSSR count). The third-order valence-electron chi connectivity index (χ3n) is 5.64. The van der Waals surface area contributed by atoms with Crippen LogP contribution in [-0.4, -0.2) is 51.4 Å². The summed E-state index contributed by atoms with van der Waals surface area (Å²) in [6.07, 6.45) is 3.98. The van der Waals surface area contributed by atoms with Crippen LogP contribution in [0.2, 0.25) is 5.02 Å². The number of quaternary nitrogens is 1. The summed E-state index contributed by atoms with van der Waals surface area (Å²) in [7, 11) is -3.65. The Morgan fingerprint density at radius 2 is 1.82 bits per heavy atom. The molecule has 0 bridgehead atoms. The normalized spacial score (nSPS) is 26.8. The summed E-state index contributed by atoms with van der Waals surface area (Å²) in [5.74, 6) is 1.13. The number of nitrogens with zero attached hydrogens (tertiary/aromatic N) is 1. The van der Waals surface area contributed by atoms with Crippen LogP contribution in [0.25, 0.3) is 0 Å². The quantitative estimate of drug-likeness (QED) is 0.753. The summed E-state index contributed by atoms with van der Waals surface area (Å²) in [5, 5.41) is 3.05. The van der Waals surface area contributed by atoms with Gasteiger partial charge in [-0.3, -0.25) is 4.79 Å². The van der Waals surface area contributed by atoms with E-state index >= 15 is 0 Å². The van der Waals surface area contributed by atoms with Crippen LogP contribution < -0.4 is 10.2 Å². The molecule has 0 aliphatic carbocycles. The molecule has 1 unspecified atom stereocenters. The molecule has 28 heavy (non-hydrogen) atoms. The van der Waals surface area contributed by atoms with Crippen molar-refractivity contribution >= 4 is 33.2 Å². The Kier molecular flexibility index (Phi) is 7.02. The van der Waals surface area contributed by atoms with Crippen molar-refractivity contribution in [3.63, 3.8) is 0 Å². The van der Waals surface area contributed by atoms with E-state index in [2.05, 4.69) is 19.2 Å². The van der Waals surface area contributed by atoms with Crippen LogP contribution in [0.1, 0.15) is 39.5 Å². The Morgan fingerprint density at radius 3 is 2.46 bits per heavy atom. The van der Waals surface area contributed by atoms with Gasteiger partial charge in [0.05, 0.1) is 18.1 Å². The largest absolute Gasteiger partial charge is 0.327 e. The molecule has 8 heteroatoms. The Balaban J connectivity index is 1.69. The second-order valence-corrected chi connectivity index (χ2v) is 10.8. The van der Waals surface area contributed by atoms with Gasteiger partial charge in [0.15, 0.2) is 6.54 Å². The summed E-state index contributed by atoms with van der Waals surface area (Å²) in [5.41, 5.74) is 0.475. The third kappa shape index (κ3) is 5.26. The number of halogens is 1. The first kappa shape index (κ1) is 21.6. The number of carbonyl (C=O) groups excluding carboxylic acids is 1. The van der Waals surface area contributed by atoms with Crippen molar-refractivity contribution < 1.29 is 18.1 Å². The lowest BCUT2D eigenvalue weighted by molar-refractivity contribution is -0.904. The van der Waals surface area contributed by atoms with E-state index in [9.17, 15) is 13.2 Å². The molecule has 2 heterocycles. The van der Waals surface area contributed by atoms with Crippen LogP contribution in [0, 0.1) is 11.8 Å². The number of carbonyl (C=O) groups is 1. The highest BCUT2D eigenvalue weighted by Crippen LogP contribution is 2.29. The monoisotopic (exact) mass is 428 g/mol. The van der Waals surface area contributed by atoms with Gasteiger partial charge in [-0.05, 0) is 37.5 Å². The summed E-state index contributed by atoms with van der Waals surface area (Å²) in [6, 6.07) is 4.69. The molecule has 0 radical (unpaired) electrons. The van der Waals surface area contributed by atoms with Crippen molar-refractivity contribution in [3.05, 3.63) is 23.2 Å². The maximum absolute atomic E-state index is 13.0. The Labute approximate surface area is 173 Å².